The molecule has 0 rings (SSSR count). The normalized spacial score (nSPS) is 10.8. The molecule has 0 N–H and O–H groups in total. The smallest absolute Gasteiger partial charge is 0.331 e. The van der Waals surface area contributed by atoms with Gasteiger partial charge in [-0.3, -0.25) is 0 Å². The van der Waals surface area contributed by atoms with Crippen LogP contribution in [0.1, 0.15) is 39.5 Å². The predicted molar refractivity (Wildman–Crippen MR) is 103 cm³/mol. The molecular formula is C20H30O9. The Hall–Kier alpha value is -2.68. The Morgan fingerprint density at radius 1 is 0.517 bits per heavy atom. The first kappa shape index (κ1) is 26.3. The van der Waals surface area contributed by atoms with E-state index >= 15 is 0 Å². The zero-order valence-corrected chi connectivity index (χ0v) is 17.1. The lowest BCUT2D eigenvalue weighted by Gasteiger charge is -2.05. The molecule has 0 bridgehead atoms. The van der Waals surface area contributed by atoms with E-state index in [9.17, 15) is 19.2 Å². The SMILES string of the molecule is CCCCOC(=O)C=CC(=O)OCCOCCOC(=O)C=CC(=O)OCCCC. The third kappa shape index (κ3) is 18.4. The van der Waals surface area contributed by atoms with Gasteiger partial charge in [-0.15, -0.1) is 0 Å². The number of ether oxygens (including phenoxy) is 5. The Balaban J connectivity index is 3.66. The van der Waals surface area contributed by atoms with Gasteiger partial charge >= 0.3 is 23.9 Å². The highest BCUT2D eigenvalue weighted by Crippen LogP contribution is 1.92. The van der Waals surface area contributed by atoms with Gasteiger partial charge in [0.2, 0.25) is 0 Å². The van der Waals surface area contributed by atoms with Gasteiger partial charge in [0.15, 0.2) is 0 Å². The van der Waals surface area contributed by atoms with E-state index in [1.807, 2.05) is 13.8 Å². The fourth-order valence-corrected chi connectivity index (χ4v) is 1.60. The minimum atomic E-state index is -0.691. The predicted octanol–water partition coefficient (Wildman–Crippen LogP) is 1.89. The van der Waals surface area contributed by atoms with Gasteiger partial charge in [-0.1, -0.05) is 26.7 Å². The van der Waals surface area contributed by atoms with Crippen molar-refractivity contribution < 1.29 is 42.9 Å². The highest BCUT2D eigenvalue weighted by molar-refractivity contribution is 5.92. The maximum Gasteiger partial charge on any atom is 0.331 e. The van der Waals surface area contributed by atoms with Crippen molar-refractivity contribution in [2.24, 2.45) is 0 Å². The van der Waals surface area contributed by atoms with E-state index < -0.39 is 23.9 Å². The lowest BCUT2D eigenvalue weighted by Crippen LogP contribution is -2.13. The van der Waals surface area contributed by atoms with Crippen LogP contribution in [0, 0.1) is 0 Å². The molecule has 29 heavy (non-hydrogen) atoms. The zero-order valence-electron chi connectivity index (χ0n) is 17.1. The van der Waals surface area contributed by atoms with Crippen molar-refractivity contribution in [2.45, 2.75) is 39.5 Å². The largest absolute Gasteiger partial charge is 0.463 e. The Kier molecular flexibility index (Phi) is 16.9. The van der Waals surface area contributed by atoms with E-state index in [-0.39, 0.29) is 26.4 Å². The second-order valence-corrected chi connectivity index (χ2v) is 5.66. The molecule has 164 valence electrons. The number of carbonyl (C=O) groups excluding carboxylic acids is 4. The average molecular weight is 414 g/mol. The summed E-state index contributed by atoms with van der Waals surface area (Å²) < 4.78 is 24.5. The van der Waals surface area contributed by atoms with Crippen molar-refractivity contribution >= 4 is 23.9 Å². The summed E-state index contributed by atoms with van der Waals surface area (Å²) in [5.74, 6) is -2.58. The molecule has 0 fully saturated rings. The van der Waals surface area contributed by atoms with Crippen LogP contribution in [-0.2, 0) is 42.9 Å². The maximum atomic E-state index is 11.4. The summed E-state index contributed by atoms with van der Waals surface area (Å²) in [7, 11) is 0. The minimum Gasteiger partial charge on any atom is -0.463 e. The second kappa shape index (κ2) is 18.7. The Labute approximate surface area is 171 Å². The fourth-order valence-electron chi connectivity index (χ4n) is 1.60. The lowest BCUT2D eigenvalue weighted by molar-refractivity contribution is -0.142. The Morgan fingerprint density at radius 2 is 0.828 bits per heavy atom. The maximum absolute atomic E-state index is 11.4. The van der Waals surface area contributed by atoms with Crippen LogP contribution in [-0.4, -0.2) is 63.5 Å². The highest BCUT2D eigenvalue weighted by Gasteiger charge is 2.02. The first-order valence-corrected chi connectivity index (χ1v) is 9.60. The van der Waals surface area contributed by atoms with E-state index in [1.54, 1.807) is 0 Å². The number of rotatable bonds is 16. The van der Waals surface area contributed by atoms with Crippen molar-refractivity contribution in [2.75, 3.05) is 39.6 Å². The zero-order chi connectivity index (χ0) is 21.7. The van der Waals surface area contributed by atoms with Gasteiger partial charge in [-0.05, 0) is 12.8 Å². The van der Waals surface area contributed by atoms with Gasteiger partial charge in [0, 0.05) is 24.3 Å². The molecule has 0 saturated heterocycles. The van der Waals surface area contributed by atoms with Gasteiger partial charge in [-0.25, -0.2) is 19.2 Å². The first-order valence-electron chi connectivity index (χ1n) is 9.60. The molecule has 0 amide bonds. The van der Waals surface area contributed by atoms with Crippen LogP contribution in [0.3, 0.4) is 0 Å². The molecule has 0 saturated carbocycles. The van der Waals surface area contributed by atoms with Gasteiger partial charge in [-0.2, -0.15) is 0 Å². The van der Waals surface area contributed by atoms with Gasteiger partial charge < -0.3 is 23.7 Å². The van der Waals surface area contributed by atoms with Crippen molar-refractivity contribution in [3.8, 4) is 0 Å². The van der Waals surface area contributed by atoms with E-state index in [0.29, 0.717) is 13.2 Å². The molecule has 0 unspecified atom stereocenters. The molecule has 9 heteroatoms. The summed E-state index contributed by atoms with van der Waals surface area (Å²) in [5, 5.41) is 0. The third-order valence-corrected chi connectivity index (χ3v) is 3.14. The summed E-state index contributed by atoms with van der Waals surface area (Å²) in [4.78, 5) is 45.3. The Bertz CT molecular complexity index is 504. The fraction of sp³-hybridized carbons (Fsp3) is 0.600. The van der Waals surface area contributed by atoms with Crippen LogP contribution in [0.15, 0.2) is 24.3 Å². The summed E-state index contributed by atoms with van der Waals surface area (Å²) in [6.07, 6.45) is 7.31. The number of unbranched alkanes of at least 4 members (excludes halogenated alkanes) is 2. The van der Waals surface area contributed by atoms with Crippen LogP contribution in [0.5, 0.6) is 0 Å². The molecular weight excluding hydrogens is 384 g/mol. The standard InChI is InChI=1S/C20H30O9/c1-3-5-11-26-17(21)7-9-19(23)28-15-13-25-14-16-29-20(24)10-8-18(22)27-12-6-4-2/h7-10H,3-6,11-16H2,1-2H3. The van der Waals surface area contributed by atoms with Crippen LogP contribution in [0.4, 0.5) is 0 Å². The van der Waals surface area contributed by atoms with Crippen LogP contribution < -0.4 is 0 Å². The number of hydrogen-bond donors (Lipinski definition) is 0. The van der Waals surface area contributed by atoms with Crippen LogP contribution in [0.25, 0.3) is 0 Å². The van der Waals surface area contributed by atoms with Crippen LogP contribution >= 0.6 is 0 Å². The third-order valence-electron chi connectivity index (χ3n) is 3.14. The molecule has 0 aliphatic heterocycles. The van der Waals surface area contributed by atoms with E-state index in [4.69, 9.17) is 23.7 Å². The Morgan fingerprint density at radius 3 is 1.14 bits per heavy atom. The number of esters is 4. The van der Waals surface area contributed by atoms with Crippen molar-refractivity contribution in [1.82, 2.24) is 0 Å². The topological polar surface area (TPSA) is 114 Å². The summed E-state index contributed by atoms with van der Waals surface area (Å²) in [6, 6.07) is 0. The average Bonchev–Trinajstić information content (AvgIpc) is 2.70. The first-order chi connectivity index (χ1) is 14.0. The van der Waals surface area contributed by atoms with Gasteiger partial charge in [0.25, 0.3) is 0 Å². The van der Waals surface area contributed by atoms with E-state index in [2.05, 4.69) is 0 Å². The van der Waals surface area contributed by atoms with E-state index in [0.717, 1.165) is 50.0 Å². The molecule has 0 aromatic carbocycles. The van der Waals surface area contributed by atoms with E-state index in [1.165, 1.54) is 0 Å². The molecule has 0 atom stereocenters. The number of carbonyl (C=O) groups is 4. The van der Waals surface area contributed by atoms with Gasteiger partial charge in [0.05, 0.1) is 26.4 Å². The molecule has 0 aliphatic carbocycles. The molecule has 0 aromatic rings. The van der Waals surface area contributed by atoms with Crippen LogP contribution in [0.2, 0.25) is 0 Å². The van der Waals surface area contributed by atoms with Gasteiger partial charge in [0.1, 0.15) is 13.2 Å². The molecule has 0 spiro atoms. The lowest BCUT2D eigenvalue weighted by atomic mass is 10.4. The minimum absolute atomic E-state index is 0.0223. The molecule has 0 heterocycles. The highest BCUT2D eigenvalue weighted by atomic mass is 16.6. The quantitative estimate of drug-likeness (QED) is 0.162. The second-order valence-electron chi connectivity index (χ2n) is 5.66. The summed E-state index contributed by atoms with van der Waals surface area (Å²) >= 11 is 0. The molecule has 0 aliphatic rings. The van der Waals surface area contributed by atoms with Crippen molar-refractivity contribution in [3.05, 3.63) is 24.3 Å². The molecule has 0 radical (unpaired) electrons. The van der Waals surface area contributed by atoms with Crippen molar-refractivity contribution in [1.29, 1.82) is 0 Å². The molecule has 9 nitrogen and oxygen atoms in total. The summed E-state index contributed by atoms with van der Waals surface area (Å²) in [6.45, 7) is 4.71. The summed E-state index contributed by atoms with van der Waals surface area (Å²) in [5.41, 5.74) is 0. The molecule has 0 aromatic heterocycles. The van der Waals surface area contributed by atoms with Crippen molar-refractivity contribution in [3.63, 3.8) is 0 Å². The monoisotopic (exact) mass is 414 g/mol. The number of hydrogen-bond acceptors (Lipinski definition) is 9.